The molecule has 0 radical (unpaired) electrons. The van der Waals surface area contributed by atoms with E-state index in [0.717, 1.165) is 32.2 Å². The maximum absolute atomic E-state index is 12.2. The van der Waals surface area contributed by atoms with E-state index in [4.69, 9.17) is 5.11 Å². The lowest BCUT2D eigenvalue weighted by Gasteiger charge is -2.36. The van der Waals surface area contributed by atoms with Gasteiger partial charge in [-0.15, -0.1) is 0 Å². The first-order valence-corrected chi connectivity index (χ1v) is 8.20. The lowest BCUT2D eigenvalue weighted by atomic mass is 9.94. The summed E-state index contributed by atoms with van der Waals surface area (Å²) in [5.74, 6) is 0.332. The molecule has 2 N–H and O–H groups in total. The van der Waals surface area contributed by atoms with Crippen LogP contribution in [0.25, 0.3) is 0 Å². The normalized spacial score (nSPS) is 23.7. The molecule has 1 rings (SSSR count). The van der Waals surface area contributed by atoms with Gasteiger partial charge in [0.05, 0.1) is 0 Å². The summed E-state index contributed by atoms with van der Waals surface area (Å²) in [6, 6.07) is 0.338. The van der Waals surface area contributed by atoms with E-state index in [-0.39, 0.29) is 12.5 Å². The Labute approximate surface area is 128 Å². The minimum Gasteiger partial charge on any atom is -0.481 e. The van der Waals surface area contributed by atoms with Crippen molar-refractivity contribution in [1.29, 1.82) is 0 Å². The summed E-state index contributed by atoms with van der Waals surface area (Å²) in [6.07, 6.45) is 4.87. The maximum Gasteiger partial charge on any atom is 0.317 e. The number of aliphatic carboxylic acids is 1. The van der Waals surface area contributed by atoms with Crippen molar-refractivity contribution in [2.45, 2.75) is 65.3 Å². The molecule has 5 nitrogen and oxygen atoms in total. The quantitative estimate of drug-likeness (QED) is 0.759. The van der Waals surface area contributed by atoms with Crippen molar-refractivity contribution < 1.29 is 14.7 Å². The van der Waals surface area contributed by atoms with E-state index >= 15 is 0 Å². The SMILES string of the molecule is CCC(CCNC(=O)N1CCC(C)CC1C)CCC(=O)O. The second-order valence-electron chi connectivity index (χ2n) is 6.40. The van der Waals surface area contributed by atoms with Gasteiger partial charge >= 0.3 is 12.0 Å². The van der Waals surface area contributed by atoms with Crippen LogP contribution >= 0.6 is 0 Å². The fraction of sp³-hybridized carbons (Fsp3) is 0.875. The number of hydrogen-bond acceptors (Lipinski definition) is 2. The number of rotatable bonds is 7. The lowest BCUT2D eigenvalue weighted by molar-refractivity contribution is -0.137. The number of likely N-dealkylation sites (tertiary alicyclic amines) is 1. The summed E-state index contributed by atoms with van der Waals surface area (Å²) in [5.41, 5.74) is 0. The Kier molecular flexibility index (Phi) is 7.54. The maximum atomic E-state index is 12.2. The average Bonchev–Trinajstić information content (AvgIpc) is 2.42. The van der Waals surface area contributed by atoms with Gasteiger partial charge in [-0.1, -0.05) is 20.3 Å². The van der Waals surface area contributed by atoms with E-state index in [1.54, 1.807) is 0 Å². The molecule has 1 aliphatic rings. The average molecular weight is 298 g/mol. The first-order chi connectivity index (χ1) is 9.93. The molecular weight excluding hydrogens is 268 g/mol. The molecule has 1 saturated heterocycles. The predicted molar refractivity (Wildman–Crippen MR) is 83.2 cm³/mol. The summed E-state index contributed by atoms with van der Waals surface area (Å²) in [5, 5.41) is 11.7. The third kappa shape index (κ3) is 6.36. The molecule has 1 aliphatic heterocycles. The predicted octanol–water partition coefficient (Wildman–Crippen LogP) is 3.10. The van der Waals surface area contributed by atoms with Gasteiger partial charge in [0.15, 0.2) is 0 Å². The highest BCUT2D eigenvalue weighted by Gasteiger charge is 2.26. The molecule has 0 aromatic carbocycles. The van der Waals surface area contributed by atoms with Gasteiger partial charge in [0.1, 0.15) is 0 Å². The van der Waals surface area contributed by atoms with Crippen molar-refractivity contribution in [3.05, 3.63) is 0 Å². The third-order valence-electron chi connectivity index (χ3n) is 4.57. The number of carbonyl (C=O) groups is 2. The second kappa shape index (κ2) is 8.90. The number of carbonyl (C=O) groups excluding carboxylic acids is 1. The number of nitrogens with one attached hydrogen (secondary N) is 1. The fourth-order valence-electron chi connectivity index (χ4n) is 3.07. The summed E-state index contributed by atoms with van der Waals surface area (Å²) >= 11 is 0. The molecule has 2 amide bonds. The topological polar surface area (TPSA) is 69.6 Å². The fourth-order valence-corrected chi connectivity index (χ4v) is 3.07. The lowest BCUT2D eigenvalue weighted by Crippen LogP contribution is -2.49. The van der Waals surface area contributed by atoms with Crippen LogP contribution in [-0.2, 0) is 4.79 Å². The van der Waals surface area contributed by atoms with E-state index in [1.165, 1.54) is 0 Å². The Morgan fingerprint density at radius 1 is 1.33 bits per heavy atom. The van der Waals surface area contributed by atoms with Crippen molar-refractivity contribution in [3.8, 4) is 0 Å². The van der Waals surface area contributed by atoms with Crippen LogP contribution in [0.2, 0.25) is 0 Å². The Hall–Kier alpha value is -1.26. The number of amides is 2. The molecule has 5 heteroatoms. The van der Waals surface area contributed by atoms with Gasteiger partial charge in [0, 0.05) is 25.6 Å². The van der Waals surface area contributed by atoms with Crippen LogP contribution in [0.5, 0.6) is 0 Å². The van der Waals surface area contributed by atoms with E-state index in [0.29, 0.717) is 30.8 Å². The molecule has 21 heavy (non-hydrogen) atoms. The summed E-state index contributed by atoms with van der Waals surface area (Å²) in [7, 11) is 0. The van der Waals surface area contributed by atoms with Crippen LogP contribution in [0, 0.1) is 11.8 Å². The van der Waals surface area contributed by atoms with E-state index in [1.807, 2.05) is 4.90 Å². The number of urea groups is 1. The van der Waals surface area contributed by atoms with Crippen LogP contribution in [0.1, 0.15) is 59.3 Å². The highest BCUT2D eigenvalue weighted by Crippen LogP contribution is 2.22. The van der Waals surface area contributed by atoms with Crippen molar-refractivity contribution >= 4 is 12.0 Å². The molecular formula is C16H30N2O3. The second-order valence-corrected chi connectivity index (χ2v) is 6.40. The van der Waals surface area contributed by atoms with Crippen LogP contribution < -0.4 is 5.32 Å². The number of hydrogen-bond donors (Lipinski definition) is 2. The zero-order chi connectivity index (χ0) is 15.8. The monoisotopic (exact) mass is 298 g/mol. The Balaban J connectivity index is 2.27. The minimum atomic E-state index is -0.742. The number of nitrogens with zero attached hydrogens (tertiary/aromatic N) is 1. The molecule has 0 aliphatic carbocycles. The highest BCUT2D eigenvalue weighted by molar-refractivity contribution is 5.74. The summed E-state index contributed by atoms with van der Waals surface area (Å²) in [4.78, 5) is 24.7. The molecule has 1 heterocycles. The zero-order valence-electron chi connectivity index (χ0n) is 13.6. The van der Waals surface area contributed by atoms with Gasteiger partial charge in [-0.2, -0.15) is 0 Å². The molecule has 0 saturated carbocycles. The molecule has 3 unspecified atom stereocenters. The van der Waals surface area contributed by atoms with Crippen molar-refractivity contribution in [2.24, 2.45) is 11.8 Å². The van der Waals surface area contributed by atoms with Crippen molar-refractivity contribution in [1.82, 2.24) is 10.2 Å². The Morgan fingerprint density at radius 2 is 2.05 bits per heavy atom. The minimum absolute atomic E-state index is 0.0301. The molecule has 1 fully saturated rings. The zero-order valence-corrected chi connectivity index (χ0v) is 13.6. The number of carboxylic acid groups (broad SMARTS) is 1. The molecule has 0 spiro atoms. The molecule has 0 aromatic rings. The first-order valence-electron chi connectivity index (χ1n) is 8.20. The largest absolute Gasteiger partial charge is 0.481 e. The first kappa shape index (κ1) is 17.8. The standard InChI is InChI=1S/C16H30N2O3/c1-4-14(5-6-15(19)20)7-9-17-16(21)18-10-8-12(2)11-13(18)3/h12-14H,4-11H2,1-3H3,(H,17,21)(H,19,20). The van der Waals surface area contributed by atoms with Crippen molar-refractivity contribution in [3.63, 3.8) is 0 Å². The van der Waals surface area contributed by atoms with E-state index in [9.17, 15) is 9.59 Å². The molecule has 122 valence electrons. The Bertz CT molecular complexity index is 346. The van der Waals surface area contributed by atoms with Crippen LogP contribution in [0.3, 0.4) is 0 Å². The third-order valence-corrected chi connectivity index (χ3v) is 4.57. The Morgan fingerprint density at radius 3 is 2.62 bits per heavy atom. The molecule has 0 bridgehead atoms. The molecule has 3 atom stereocenters. The van der Waals surface area contributed by atoms with Gasteiger partial charge in [0.2, 0.25) is 0 Å². The molecule has 0 aromatic heterocycles. The van der Waals surface area contributed by atoms with Crippen molar-refractivity contribution in [2.75, 3.05) is 13.1 Å². The van der Waals surface area contributed by atoms with Gasteiger partial charge in [-0.05, 0) is 44.4 Å². The van der Waals surface area contributed by atoms with Gasteiger partial charge in [-0.3, -0.25) is 4.79 Å². The number of carboxylic acids is 1. The highest BCUT2D eigenvalue weighted by atomic mass is 16.4. The van der Waals surface area contributed by atoms with E-state index < -0.39 is 5.97 Å². The van der Waals surface area contributed by atoms with Gasteiger partial charge in [-0.25, -0.2) is 4.79 Å². The van der Waals surface area contributed by atoms with Crippen LogP contribution in [0.4, 0.5) is 4.79 Å². The van der Waals surface area contributed by atoms with E-state index in [2.05, 4.69) is 26.1 Å². The smallest absolute Gasteiger partial charge is 0.317 e. The van der Waals surface area contributed by atoms with Crippen LogP contribution in [0.15, 0.2) is 0 Å². The summed E-state index contributed by atoms with van der Waals surface area (Å²) in [6.45, 7) is 7.89. The van der Waals surface area contributed by atoms with Crippen LogP contribution in [-0.4, -0.2) is 41.1 Å². The van der Waals surface area contributed by atoms with Gasteiger partial charge in [0.25, 0.3) is 0 Å². The van der Waals surface area contributed by atoms with Gasteiger partial charge < -0.3 is 15.3 Å². The summed E-state index contributed by atoms with van der Waals surface area (Å²) < 4.78 is 0. The number of piperidine rings is 1.